The summed E-state index contributed by atoms with van der Waals surface area (Å²) in [5, 5.41) is 0. The van der Waals surface area contributed by atoms with E-state index in [9.17, 15) is 0 Å². The Morgan fingerprint density at radius 3 is 2.10 bits per heavy atom. The Morgan fingerprint density at radius 2 is 1.45 bits per heavy atom. The van der Waals surface area contributed by atoms with Gasteiger partial charge in [-0.15, -0.1) is 0 Å². The molecule has 0 aliphatic carbocycles. The Labute approximate surface area is 127 Å². The summed E-state index contributed by atoms with van der Waals surface area (Å²) in [6.07, 6.45) is 1.14. The monoisotopic (exact) mass is 330 g/mol. The third-order valence-corrected chi connectivity index (χ3v) is 4.48. The van der Waals surface area contributed by atoms with Crippen molar-refractivity contribution < 1.29 is 0 Å². The number of hydrogen-bond donors (Lipinski definition) is 0. The fraction of sp³-hybridized carbons (Fsp3) is 0.235. The normalized spacial score (nSPS) is 11.1. The number of fused-ring (bicyclic) bond motifs is 1. The summed E-state index contributed by atoms with van der Waals surface area (Å²) >= 11 is 3.26. The molecule has 2 nitrogen and oxygen atoms in total. The van der Waals surface area contributed by atoms with Crippen molar-refractivity contribution in [3.8, 4) is 0 Å². The number of benzene rings is 2. The average molecular weight is 329 g/mol. The molecule has 0 saturated carbocycles. The maximum atomic E-state index is 3.26. The number of para-hydroxylation sites is 2. The zero-order valence-electron chi connectivity index (χ0n) is 11.6. The first-order valence-electron chi connectivity index (χ1n) is 7.03. The summed E-state index contributed by atoms with van der Waals surface area (Å²) in [6, 6.07) is 19.2. The van der Waals surface area contributed by atoms with Crippen molar-refractivity contribution in [3.63, 3.8) is 0 Å². The number of nitrogens with zero attached hydrogens (tertiary/aromatic N) is 2. The molecular formula is C17H18N2Se. The average Bonchev–Trinajstić information content (AvgIpc) is 2.75. The van der Waals surface area contributed by atoms with Gasteiger partial charge in [0.15, 0.2) is 0 Å². The van der Waals surface area contributed by atoms with Gasteiger partial charge in [-0.05, 0) is 0 Å². The first-order chi connectivity index (χ1) is 9.81. The molecule has 20 heavy (non-hydrogen) atoms. The van der Waals surface area contributed by atoms with Gasteiger partial charge in [0.05, 0.1) is 0 Å². The van der Waals surface area contributed by atoms with E-state index in [1.807, 2.05) is 0 Å². The van der Waals surface area contributed by atoms with E-state index in [4.69, 9.17) is 0 Å². The van der Waals surface area contributed by atoms with Crippen LogP contribution in [0.1, 0.15) is 18.9 Å². The molecule has 0 aliphatic rings. The van der Waals surface area contributed by atoms with Crippen molar-refractivity contribution in [2.24, 2.45) is 0 Å². The molecule has 0 radical (unpaired) electrons. The van der Waals surface area contributed by atoms with Crippen LogP contribution in [0.3, 0.4) is 0 Å². The zero-order valence-corrected chi connectivity index (χ0v) is 13.3. The molecule has 0 atom stereocenters. The molecule has 0 saturated heterocycles. The van der Waals surface area contributed by atoms with Crippen LogP contribution in [0.5, 0.6) is 0 Å². The third-order valence-electron chi connectivity index (χ3n) is 3.56. The first kappa shape index (κ1) is 13.4. The van der Waals surface area contributed by atoms with Gasteiger partial charge in [0.2, 0.25) is 0 Å². The molecule has 3 rings (SSSR count). The Balaban J connectivity index is 2.15. The fourth-order valence-corrected chi connectivity index (χ4v) is 3.37. The molecule has 1 heterocycles. The third kappa shape index (κ3) is 2.39. The molecule has 1 aromatic heterocycles. The minimum absolute atomic E-state index is 0.903. The zero-order chi connectivity index (χ0) is 13.9. The predicted molar refractivity (Wildman–Crippen MR) is 84.8 cm³/mol. The van der Waals surface area contributed by atoms with Crippen molar-refractivity contribution in [2.75, 3.05) is 0 Å². The van der Waals surface area contributed by atoms with Gasteiger partial charge in [-0.3, -0.25) is 0 Å². The molecule has 0 fully saturated rings. The molecule has 3 aromatic rings. The van der Waals surface area contributed by atoms with Crippen LogP contribution in [-0.2, 0) is 13.1 Å². The van der Waals surface area contributed by atoms with E-state index < -0.39 is 0 Å². The minimum atomic E-state index is 0.903. The fourth-order valence-electron chi connectivity index (χ4n) is 2.63. The second kappa shape index (κ2) is 5.82. The van der Waals surface area contributed by atoms with E-state index in [2.05, 4.69) is 86.2 Å². The second-order valence-electron chi connectivity index (χ2n) is 4.99. The van der Waals surface area contributed by atoms with Crippen LogP contribution in [0.25, 0.3) is 11.0 Å². The molecule has 2 aromatic carbocycles. The summed E-state index contributed by atoms with van der Waals surface area (Å²) in [5.74, 6) is 0. The second-order valence-corrected chi connectivity index (χ2v) is 5.76. The molecule has 102 valence electrons. The molecule has 0 spiro atoms. The molecule has 0 N–H and O–H groups in total. The SMILES string of the molecule is CCCn1c(=[Se])n(Cc2ccccc2)c2ccccc21. The Morgan fingerprint density at radius 1 is 0.850 bits per heavy atom. The molecule has 0 aliphatic heterocycles. The topological polar surface area (TPSA) is 9.86 Å². The number of aromatic nitrogens is 2. The number of aryl methyl sites for hydroxylation is 1. The van der Waals surface area contributed by atoms with Crippen molar-refractivity contribution in [1.82, 2.24) is 9.13 Å². The van der Waals surface area contributed by atoms with Crippen LogP contribution >= 0.6 is 0 Å². The van der Waals surface area contributed by atoms with E-state index in [-0.39, 0.29) is 0 Å². The van der Waals surface area contributed by atoms with E-state index in [1.54, 1.807) is 0 Å². The standard InChI is InChI=1S/C17H18N2Se/c1-2-12-18-15-10-6-7-11-16(15)19(17(18)20)13-14-8-4-3-5-9-14/h3-11H,2,12-13H2,1H3. The van der Waals surface area contributed by atoms with Crippen molar-refractivity contribution >= 4 is 26.6 Å². The molecule has 3 heteroatoms. The van der Waals surface area contributed by atoms with Gasteiger partial charge in [0, 0.05) is 0 Å². The van der Waals surface area contributed by atoms with Crippen molar-refractivity contribution in [2.45, 2.75) is 26.4 Å². The van der Waals surface area contributed by atoms with Gasteiger partial charge in [0.1, 0.15) is 0 Å². The quantitative estimate of drug-likeness (QED) is 0.647. The summed E-state index contributed by atoms with van der Waals surface area (Å²) in [5.41, 5.74) is 3.92. The molecule has 0 bridgehead atoms. The van der Waals surface area contributed by atoms with Crippen molar-refractivity contribution in [3.05, 3.63) is 64.5 Å². The Kier molecular flexibility index (Phi) is 3.90. The van der Waals surface area contributed by atoms with Gasteiger partial charge < -0.3 is 0 Å². The van der Waals surface area contributed by atoms with Gasteiger partial charge in [-0.25, -0.2) is 0 Å². The maximum absolute atomic E-state index is 3.26. The Bertz CT molecular complexity index is 769. The van der Waals surface area contributed by atoms with Crippen LogP contribution in [-0.4, -0.2) is 24.7 Å². The molecule has 0 unspecified atom stereocenters. The number of rotatable bonds is 4. The van der Waals surface area contributed by atoms with Crippen LogP contribution in [0, 0.1) is 4.32 Å². The first-order valence-corrected chi connectivity index (χ1v) is 7.89. The van der Waals surface area contributed by atoms with E-state index in [0.29, 0.717) is 0 Å². The number of hydrogen-bond acceptors (Lipinski definition) is 0. The Hall–Kier alpha value is -1.57. The van der Waals surface area contributed by atoms with E-state index in [0.717, 1.165) is 19.5 Å². The van der Waals surface area contributed by atoms with Crippen molar-refractivity contribution in [1.29, 1.82) is 0 Å². The molecule has 0 amide bonds. The summed E-state index contributed by atoms with van der Waals surface area (Å²) in [7, 11) is 0. The van der Waals surface area contributed by atoms with Crippen LogP contribution in [0.4, 0.5) is 0 Å². The van der Waals surface area contributed by atoms with Gasteiger partial charge in [-0.1, -0.05) is 0 Å². The van der Waals surface area contributed by atoms with Gasteiger partial charge in [-0.2, -0.15) is 0 Å². The summed E-state index contributed by atoms with van der Waals surface area (Å²) in [4.78, 5) is 0. The van der Waals surface area contributed by atoms with E-state index in [1.165, 1.54) is 20.9 Å². The number of imidazole rings is 1. The summed E-state index contributed by atoms with van der Waals surface area (Å²) < 4.78 is 5.94. The van der Waals surface area contributed by atoms with Crippen LogP contribution in [0.2, 0.25) is 0 Å². The van der Waals surface area contributed by atoms with Gasteiger partial charge >= 0.3 is 127 Å². The molecular weight excluding hydrogens is 311 g/mol. The van der Waals surface area contributed by atoms with Gasteiger partial charge in [0.25, 0.3) is 0 Å². The van der Waals surface area contributed by atoms with Crippen LogP contribution in [0.15, 0.2) is 54.6 Å². The van der Waals surface area contributed by atoms with E-state index >= 15 is 0 Å². The summed E-state index contributed by atoms with van der Waals surface area (Å²) in [6.45, 7) is 4.17. The van der Waals surface area contributed by atoms with Crippen LogP contribution < -0.4 is 0 Å². The predicted octanol–water partition coefficient (Wildman–Crippen LogP) is 3.60.